The summed E-state index contributed by atoms with van der Waals surface area (Å²) in [7, 11) is 0. The van der Waals surface area contributed by atoms with Gasteiger partial charge in [0.25, 0.3) is 5.91 Å². The Balaban J connectivity index is 1.93. The van der Waals surface area contributed by atoms with Crippen LogP contribution in [0.1, 0.15) is 22.0 Å². The lowest BCUT2D eigenvalue weighted by molar-refractivity contribution is 0.0947. The lowest BCUT2D eigenvalue weighted by Gasteiger charge is -1.99. The molecule has 4 nitrogen and oxygen atoms in total. The number of halogens is 1. The topological polar surface area (TPSA) is 55.1 Å². The molecule has 2 heterocycles. The number of aromatic nitrogens is 1. The minimum atomic E-state index is -0.102. The molecule has 16 heavy (non-hydrogen) atoms. The van der Waals surface area contributed by atoms with E-state index in [4.69, 9.17) is 4.42 Å². The predicted molar refractivity (Wildman–Crippen MR) is 69.4 cm³/mol. The first-order valence-corrected chi connectivity index (χ1v) is 6.54. The smallest absolute Gasteiger partial charge is 0.252 e. The average Bonchev–Trinajstić information content (AvgIpc) is 2.84. The molecule has 1 N–H and O–H groups in total. The highest BCUT2D eigenvalue weighted by Gasteiger charge is 2.08. The van der Waals surface area contributed by atoms with Crippen LogP contribution >= 0.6 is 33.9 Å². The van der Waals surface area contributed by atoms with Gasteiger partial charge in [-0.1, -0.05) is 0 Å². The van der Waals surface area contributed by atoms with Crippen LogP contribution in [0.4, 0.5) is 0 Å². The van der Waals surface area contributed by atoms with Crippen LogP contribution in [0.25, 0.3) is 0 Å². The van der Waals surface area contributed by atoms with E-state index in [1.165, 1.54) is 0 Å². The summed E-state index contributed by atoms with van der Waals surface area (Å²) in [6.07, 6.45) is 1.63. The molecule has 84 valence electrons. The fraction of sp³-hybridized carbons (Fsp3) is 0.200. The number of nitrogens with one attached hydrogen (secondary N) is 1. The number of hydrogen-bond acceptors (Lipinski definition) is 4. The molecule has 0 unspecified atom stereocenters. The summed E-state index contributed by atoms with van der Waals surface area (Å²) in [5, 5.41) is 4.58. The Kier molecular flexibility index (Phi) is 3.59. The monoisotopic (exact) mass is 348 g/mol. The Morgan fingerprint density at radius 1 is 1.69 bits per heavy atom. The van der Waals surface area contributed by atoms with Gasteiger partial charge in [-0.05, 0) is 35.6 Å². The van der Waals surface area contributed by atoms with Crippen LogP contribution < -0.4 is 5.32 Å². The zero-order valence-corrected chi connectivity index (χ0v) is 11.5. The quantitative estimate of drug-likeness (QED) is 0.868. The molecule has 0 saturated carbocycles. The van der Waals surface area contributed by atoms with Crippen molar-refractivity contribution < 1.29 is 9.21 Å². The summed E-state index contributed by atoms with van der Waals surface area (Å²) >= 11 is 3.73. The number of thiophene rings is 1. The minimum Gasteiger partial charge on any atom is -0.444 e. The van der Waals surface area contributed by atoms with Crippen molar-refractivity contribution in [1.82, 2.24) is 10.3 Å². The highest BCUT2D eigenvalue weighted by atomic mass is 127. The second-order valence-corrected chi connectivity index (χ2v) is 5.99. The lowest BCUT2D eigenvalue weighted by atomic mass is 10.3. The summed E-state index contributed by atoms with van der Waals surface area (Å²) in [6.45, 7) is 2.14. The maximum Gasteiger partial charge on any atom is 0.252 e. The van der Waals surface area contributed by atoms with Crippen molar-refractivity contribution >= 4 is 39.8 Å². The van der Waals surface area contributed by atoms with Crippen molar-refractivity contribution in [2.75, 3.05) is 0 Å². The van der Waals surface area contributed by atoms with Crippen LogP contribution in [0.3, 0.4) is 0 Å². The number of nitrogens with zero attached hydrogens (tertiary/aromatic N) is 1. The Labute approximate surface area is 110 Å². The normalized spacial score (nSPS) is 10.4. The number of oxazole rings is 1. The number of carbonyl (C=O) groups excluding carboxylic acids is 1. The lowest BCUT2D eigenvalue weighted by Crippen LogP contribution is -2.22. The molecular formula is C10H9IN2O2S. The Bertz CT molecular complexity index is 506. The SMILES string of the molecule is Cc1cnc(CNC(=O)c2csc(I)c2)o1. The number of aryl methyl sites for hydroxylation is 1. The van der Waals surface area contributed by atoms with E-state index >= 15 is 0 Å². The maximum atomic E-state index is 11.7. The molecule has 0 saturated heterocycles. The predicted octanol–water partition coefficient (Wildman–Crippen LogP) is 2.58. The highest BCUT2D eigenvalue weighted by Crippen LogP contribution is 2.16. The third kappa shape index (κ3) is 2.82. The molecule has 0 aromatic carbocycles. The Morgan fingerprint density at radius 2 is 2.50 bits per heavy atom. The average molecular weight is 348 g/mol. The van der Waals surface area contributed by atoms with E-state index in [1.807, 2.05) is 18.4 Å². The van der Waals surface area contributed by atoms with Crippen molar-refractivity contribution in [3.05, 3.63) is 37.7 Å². The van der Waals surface area contributed by atoms with Gasteiger partial charge in [0.05, 0.1) is 21.2 Å². The number of amides is 1. The van der Waals surface area contributed by atoms with Crippen molar-refractivity contribution in [2.45, 2.75) is 13.5 Å². The molecule has 6 heteroatoms. The van der Waals surface area contributed by atoms with E-state index in [1.54, 1.807) is 17.5 Å². The van der Waals surface area contributed by atoms with Gasteiger partial charge in [0.2, 0.25) is 5.89 Å². The second-order valence-electron chi connectivity index (χ2n) is 3.19. The summed E-state index contributed by atoms with van der Waals surface area (Å²) in [4.78, 5) is 15.7. The Morgan fingerprint density at radius 3 is 3.06 bits per heavy atom. The first kappa shape index (κ1) is 11.6. The number of hydrogen-bond donors (Lipinski definition) is 1. The summed E-state index contributed by atoms with van der Waals surface area (Å²) in [6, 6.07) is 1.85. The Hall–Kier alpha value is -0.890. The largest absolute Gasteiger partial charge is 0.444 e. The van der Waals surface area contributed by atoms with Crippen LogP contribution in [-0.4, -0.2) is 10.9 Å². The molecule has 0 fully saturated rings. The molecule has 0 radical (unpaired) electrons. The molecule has 0 atom stereocenters. The van der Waals surface area contributed by atoms with Gasteiger partial charge < -0.3 is 9.73 Å². The van der Waals surface area contributed by atoms with Crippen LogP contribution in [-0.2, 0) is 6.54 Å². The van der Waals surface area contributed by atoms with Crippen molar-refractivity contribution in [1.29, 1.82) is 0 Å². The first-order valence-electron chi connectivity index (χ1n) is 4.58. The number of rotatable bonds is 3. The second kappa shape index (κ2) is 4.96. The van der Waals surface area contributed by atoms with Crippen molar-refractivity contribution in [2.24, 2.45) is 0 Å². The molecule has 0 aliphatic rings. The maximum absolute atomic E-state index is 11.7. The molecule has 0 bridgehead atoms. The van der Waals surface area contributed by atoms with Gasteiger partial charge in [0, 0.05) is 5.38 Å². The summed E-state index contributed by atoms with van der Waals surface area (Å²) in [5.41, 5.74) is 0.678. The van der Waals surface area contributed by atoms with Crippen LogP contribution in [0.5, 0.6) is 0 Å². The van der Waals surface area contributed by atoms with Gasteiger partial charge in [-0.3, -0.25) is 4.79 Å². The highest BCUT2D eigenvalue weighted by molar-refractivity contribution is 14.1. The van der Waals surface area contributed by atoms with E-state index in [2.05, 4.69) is 32.9 Å². The van der Waals surface area contributed by atoms with Crippen molar-refractivity contribution in [3.63, 3.8) is 0 Å². The molecule has 0 aliphatic heterocycles. The van der Waals surface area contributed by atoms with E-state index in [0.717, 1.165) is 8.64 Å². The first-order chi connectivity index (χ1) is 7.65. The van der Waals surface area contributed by atoms with Crippen LogP contribution in [0.2, 0.25) is 0 Å². The number of carbonyl (C=O) groups is 1. The van der Waals surface area contributed by atoms with E-state index in [0.29, 0.717) is 18.0 Å². The molecule has 0 spiro atoms. The van der Waals surface area contributed by atoms with E-state index < -0.39 is 0 Å². The van der Waals surface area contributed by atoms with Gasteiger partial charge >= 0.3 is 0 Å². The van der Waals surface area contributed by atoms with Gasteiger partial charge in [-0.2, -0.15) is 0 Å². The van der Waals surface area contributed by atoms with Gasteiger partial charge in [-0.25, -0.2) is 4.98 Å². The molecule has 2 rings (SSSR count). The standard InChI is InChI=1S/C10H9IN2O2S/c1-6-3-12-9(15-6)4-13-10(14)7-2-8(11)16-5-7/h2-3,5H,4H2,1H3,(H,13,14). The van der Waals surface area contributed by atoms with Gasteiger partial charge in [-0.15, -0.1) is 11.3 Å². The zero-order chi connectivity index (χ0) is 11.5. The van der Waals surface area contributed by atoms with Crippen LogP contribution in [0.15, 0.2) is 22.1 Å². The zero-order valence-electron chi connectivity index (χ0n) is 8.49. The molecule has 0 aliphatic carbocycles. The third-order valence-corrected chi connectivity index (χ3v) is 3.69. The van der Waals surface area contributed by atoms with E-state index in [-0.39, 0.29) is 5.91 Å². The molecule has 1 amide bonds. The fourth-order valence-corrected chi connectivity index (χ4v) is 2.50. The molecule has 2 aromatic heterocycles. The molecule has 2 aromatic rings. The minimum absolute atomic E-state index is 0.102. The van der Waals surface area contributed by atoms with Gasteiger partial charge in [0.1, 0.15) is 5.76 Å². The third-order valence-electron chi connectivity index (χ3n) is 1.90. The van der Waals surface area contributed by atoms with Crippen molar-refractivity contribution in [3.8, 4) is 0 Å². The fourth-order valence-electron chi connectivity index (χ4n) is 1.17. The summed E-state index contributed by atoms with van der Waals surface area (Å²) in [5.74, 6) is 1.17. The van der Waals surface area contributed by atoms with Crippen LogP contribution in [0, 0.1) is 9.81 Å². The van der Waals surface area contributed by atoms with Gasteiger partial charge in [0.15, 0.2) is 0 Å². The van der Waals surface area contributed by atoms with E-state index in [9.17, 15) is 4.79 Å². The molecular weight excluding hydrogens is 339 g/mol. The summed E-state index contributed by atoms with van der Waals surface area (Å²) < 4.78 is 6.34.